The van der Waals surface area contributed by atoms with E-state index in [1.807, 2.05) is 14.1 Å². The molecule has 0 aliphatic rings. The normalized spacial score (nSPS) is 11.1. The molecule has 0 atom stereocenters. The molecule has 0 saturated heterocycles. The zero-order chi connectivity index (χ0) is 21.1. The van der Waals surface area contributed by atoms with E-state index < -0.39 is 0 Å². The van der Waals surface area contributed by atoms with Crippen LogP contribution in [0, 0.1) is 6.92 Å². The maximum atomic E-state index is 4.84. The van der Waals surface area contributed by atoms with Crippen molar-refractivity contribution in [1.29, 1.82) is 0 Å². The van der Waals surface area contributed by atoms with E-state index in [4.69, 9.17) is 4.98 Å². The van der Waals surface area contributed by atoms with E-state index in [0.717, 1.165) is 39.5 Å². The van der Waals surface area contributed by atoms with E-state index in [-0.39, 0.29) is 0 Å². The van der Waals surface area contributed by atoms with Crippen molar-refractivity contribution in [3.05, 3.63) is 65.2 Å². The van der Waals surface area contributed by atoms with Gasteiger partial charge in [-0.05, 0) is 43.7 Å². The third-order valence-corrected chi connectivity index (χ3v) is 6.88. The molecule has 4 rings (SSSR count). The Balaban J connectivity index is 1.50. The van der Waals surface area contributed by atoms with E-state index in [1.165, 1.54) is 16.8 Å². The summed E-state index contributed by atoms with van der Waals surface area (Å²) in [5.41, 5.74) is 5.78. The number of hydrogen-bond donors (Lipinski definition) is 0. The Morgan fingerprint density at radius 1 is 1.03 bits per heavy atom. The number of thiazole rings is 1. The topological polar surface area (TPSA) is 46.8 Å². The van der Waals surface area contributed by atoms with Gasteiger partial charge in [-0.25, -0.2) is 4.98 Å². The highest BCUT2D eigenvalue weighted by molar-refractivity contribution is 7.98. The van der Waals surface area contributed by atoms with Crippen LogP contribution < -0.4 is 4.90 Å². The van der Waals surface area contributed by atoms with E-state index >= 15 is 0 Å². The van der Waals surface area contributed by atoms with Gasteiger partial charge in [-0.15, -0.1) is 21.5 Å². The number of nitrogens with zero attached hydrogens (tertiary/aromatic N) is 5. The Morgan fingerprint density at radius 2 is 1.80 bits per heavy atom. The van der Waals surface area contributed by atoms with Gasteiger partial charge >= 0.3 is 0 Å². The fraction of sp³-hybridized carbons (Fsp3) is 0.261. The van der Waals surface area contributed by atoms with Crippen LogP contribution >= 0.6 is 23.1 Å². The number of aryl methyl sites for hydroxylation is 1. The molecule has 0 saturated carbocycles. The van der Waals surface area contributed by atoms with Crippen LogP contribution in [0.15, 0.2) is 59.1 Å². The van der Waals surface area contributed by atoms with E-state index in [9.17, 15) is 0 Å². The summed E-state index contributed by atoms with van der Waals surface area (Å²) in [6.45, 7) is 5.08. The molecule has 0 fully saturated rings. The first-order chi connectivity index (χ1) is 14.6. The van der Waals surface area contributed by atoms with Crippen molar-refractivity contribution < 1.29 is 0 Å². The summed E-state index contributed by atoms with van der Waals surface area (Å²) in [6.07, 6.45) is 0. The summed E-state index contributed by atoms with van der Waals surface area (Å²) in [4.78, 5) is 6.93. The second-order valence-electron chi connectivity index (χ2n) is 7.24. The van der Waals surface area contributed by atoms with Gasteiger partial charge in [-0.2, -0.15) is 0 Å². The molecule has 2 heterocycles. The summed E-state index contributed by atoms with van der Waals surface area (Å²) in [6, 6.07) is 16.8. The van der Waals surface area contributed by atoms with E-state index in [1.54, 1.807) is 23.1 Å². The van der Waals surface area contributed by atoms with Crippen molar-refractivity contribution in [3.63, 3.8) is 0 Å². The molecular formula is C23H25N5S2. The molecule has 5 nitrogen and oxygen atoms in total. The molecule has 0 unspecified atom stereocenters. The van der Waals surface area contributed by atoms with Crippen LogP contribution in [0.2, 0.25) is 0 Å². The molecule has 0 radical (unpaired) electrons. The van der Waals surface area contributed by atoms with Crippen molar-refractivity contribution in [1.82, 2.24) is 19.7 Å². The summed E-state index contributed by atoms with van der Waals surface area (Å²) in [7, 11) is 4.09. The van der Waals surface area contributed by atoms with Crippen LogP contribution in [0.5, 0.6) is 0 Å². The van der Waals surface area contributed by atoms with Crippen LogP contribution in [0.3, 0.4) is 0 Å². The Labute approximate surface area is 185 Å². The second-order valence-corrected chi connectivity index (χ2v) is 9.04. The summed E-state index contributed by atoms with van der Waals surface area (Å²) in [5, 5.41) is 13.1. The van der Waals surface area contributed by atoms with Gasteiger partial charge in [0.05, 0.1) is 5.69 Å². The maximum absolute atomic E-state index is 4.84. The molecule has 4 aromatic rings. The van der Waals surface area contributed by atoms with Crippen LogP contribution in [0.1, 0.15) is 18.2 Å². The third-order valence-electron chi connectivity index (χ3n) is 4.95. The van der Waals surface area contributed by atoms with Crippen LogP contribution in [0.25, 0.3) is 22.0 Å². The van der Waals surface area contributed by atoms with Crippen LogP contribution in [-0.2, 0) is 12.3 Å². The molecule has 0 N–H and O–H groups in total. The Morgan fingerprint density at radius 3 is 2.50 bits per heavy atom. The quantitative estimate of drug-likeness (QED) is 0.346. The highest BCUT2D eigenvalue weighted by Gasteiger charge is 2.15. The zero-order valence-corrected chi connectivity index (χ0v) is 19.3. The summed E-state index contributed by atoms with van der Waals surface area (Å²) >= 11 is 3.38. The fourth-order valence-electron chi connectivity index (χ4n) is 3.25. The fourth-order valence-corrected chi connectivity index (χ4v) is 5.16. The predicted octanol–water partition coefficient (Wildman–Crippen LogP) is 5.76. The average Bonchev–Trinajstić information content (AvgIpc) is 3.39. The molecule has 0 spiro atoms. The molecular weight excluding hydrogens is 410 g/mol. The van der Waals surface area contributed by atoms with Crippen LogP contribution in [0.4, 0.5) is 5.69 Å². The Hall–Kier alpha value is -2.64. The summed E-state index contributed by atoms with van der Waals surface area (Å²) < 4.78 is 2.17. The van der Waals surface area contributed by atoms with Gasteiger partial charge in [0, 0.05) is 48.6 Å². The van der Waals surface area contributed by atoms with Gasteiger partial charge in [0.15, 0.2) is 11.0 Å². The van der Waals surface area contributed by atoms with E-state index in [2.05, 4.69) is 87.4 Å². The SMILES string of the molecule is CCn1c(SCc2csc(-c3ccccc3C)n2)nnc1-c1ccc(N(C)C)cc1. The lowest BCUT2D eigenvalue weighted by molar-refractivity contribution is 0.687. The van der Waals surface area contributed by atoms with E-state index in [0.29, 0.717) is 0 Å². The molecule has 2 aromatic carbocycles. The van der Waals surface area contributed by atoms with Gasteiger partial charge in [0.25, 0.3) is 0 Å². The van der Waals surface area contributed by atoms with Gasteiger partial charge in [0.2, 0.25) is 0 Å². The minimum atomic E-state index is 0.778. The highest BCUT2D eigenvalue weighted by Crippen LogP contribution is 2.31. The molecule has 7 heteroatoms. The number of hydrogen-bond acceptors (Lipinski definition) is 6. The van der Waals surface area contributed by atoms with Crippen LogP contribution in [-0.4, -0.2) is 33.8 Å². The lowest BCUT2D eigenvalue weighted by Crippen LogP contribution is -2.08. The number of anilines is 1. The first-order valence-corrected chi connectivity index (χ1v) is 11.8. The van der Waals surface area contributed by atoms with Gasteiger partial charge in [-0.3, -0.25) is 0 Å². The zero-order valence-electron chi connectivity index (χ0n) is 17.7. The minimum absolute atomic E-state index is 0.778. The lowest BCUT2D eigenvalue weighted by Gasteiger charge is -2.13. The first kappa shape index (κ1) is 20.6. The second kappa shape index (κ2) is 9.02. The molecule has 154 valence electrons. The number of aromatic nitrogens is 4. The number of rotatable bonds is 7. The minimum Gasteiger partial charge on any atom is -0.378 e. The van der Waals surface area contributed by atoms with Crippen molar-refractivity contribution in [3.8, 4) is 22.0 Å². The third kappa shape index (κ3) is 4.27. The molecule has 0 amide bonds. The van der Waals surface area contributed by atoms with Crippen molar-refractivity contribution >= 4 is 28.8 Å². The molecule has 0 aliphatic carbocycles. The standard InChI is InChI=1S/C23H25N5S2/c1-5-28-21(17-10-12-19(13-11-17)27(3)4)25-26-23(28)30-15-18-14-29-22(24-18)20-9-7-6-8-16(20)2/h6-14H,5,15H2,1-4H3. The average molecular weight is 436 g/mol. The molecule has 30 heavy (non-hydrogen) atoms. The highest BCUT2D eigenvalue weighted by atomic mass is 32.2. The molecule has 2 aromatic heterocycles. The smallest absolute Gasteiger partial charge is 0.191 e. The Bertz CT molecular complexity index is 1130. The number of thioether (sulfide) groups is 1. The monoisotopic (exact) mass is 435 g/mol. The molecule has 0 bridgehead atoms. The Kier molecular flexibility index (Phi) is 6.20. The predicted molar refractivity (Wildman–Crippen MR) is 127 cm³/mol. The first-order valence-electron chi connectivity index (χ1n) is 9.91. The van der Waals surface area contributed by atoms with Gasteiger partial charge in [0.1, 0.15) is 5.01 Å². The maximum Gasteiger partial charge on any atom is 0.191 e. The van der Waals surface area contributed by atoms with Crippen molar-refractivity contribution in [2.24, 2.45) is 0 Å². The van der Waals surface area contributed by atoms with Gasteiger partial charge in [-0.1, -0.05) is 36.0 Å². The van der Waals surface area contributed by atoms with Gasteiger partial charge < -0.3 is 9.47 Å². The van der Waals surface area contributed by atoms with Crippen molar-refractivity contribution in [2.45, 2.75) is 31.3 Å². The molecule has 0 aliphatic heterocycles. The lowest BCUT2D eigenvalue weighted by atomic mass is 10.1. The number of benzene rings is 2. The largest absolute Gasteiger partial charge is 0.378 e. The van der Waals surface area contributed by atoms with Crippen molar-refractivity contribution in [2.75, 3.05) is 19.0 Å². The summed E-state index contributed by atoms with van der Waals surface area (Å²) in [5.74, 6) is 1.68.